The number of nitrogens with zero attached hydrogens (tertiary/aromatic N) is 3. The molecule has 2 heterocycles. The van der Waals surface area contributed by atoms with E-state index in [0.717, 1.165) is 47.8 Å². The number of benzene rings is 2. The van der Waals surface area contributed by atoms with Gasteiger partial charge in [-0.15, -0.1) is 10.2 Å². The summed E-state index contributed by atoms with van der Waals surface area (Å²) >= 11 is 0. The molecule has 0 bridgehead atoms. The molecule has 1 N–H and O–H groups in total. The van der Waals surface area contributed by atoms with E-state index in [1.807, 2.05) is 48.5 Å². The van der Waals surface area contributed by atoms with Gasteiger partial charge in [0, 0.05) is 30.8 Å². The molecule has 0 aliphatic carbocycles. The highest BCUT2D eigenvalue weighted by Crippen LogP contribution is 2.25. The molecule has 6 nitrogen and oxygen atoms in total. The van der Waals surface area contributed by atoms with Crippen molar-refractivity contribution >= 4 is 11.7 Å². The molecule has 0 saturated carbocycles. The number of methoxy groups -OCH3 is 1. The number of rotatable bonds is 6. The van der Waals surface area contributed by atoms with Gasteiger partial charge in [-0.1, -0.05) is 42.5 Å². The largest absolute Gasteiger partial charge is 0.496 e. The van der Waals surface area contributed by atoms with Gasteiger partial charge in [-0.25, -0.2) is 0 Å². The van der Waals surface area contributed by atoms with Crippen molar-refractivity contribution < 1.29 is 9.53 Å². The van der Waals surface area contributed by atoms with Gasteiger partial charge >= 0.3 is 0 Å². The van der Waals surface area contributed by atoms with Crippen LogP contribution in [0.2, 0.25) is 0 Å². The maximum absolute atomic E-state index is 12.8. The maximum Gasteiger partial charge on any atom is 0.225 e. The molecule has 1 aliphatic rings. The Kier molecular flexibility index (Phi) is 6.46. The number of para-hydroxylation sites is 1. The summed E-state index contributed by atoms with van der Waals surface area (Å²) in [6, 6.07) is 19.9. The van der Waals surface area contributed by atoms with Crippen molar-refractivity contribution in [3.05, 3.63) is 71.8 Å². The molecule has 0 spiro atoms. The predicted molar refractivity (Wildman–Crippen MR) is 122 cm³/mol. The second kappa shape index (κ2) is 9.60. The van der Waals surface area contributed by atoms with E-state index in [9.17, 15) is 4.79 Å². The number of carbonyl (C=O) groups is 1. The number of aryl methyl sites for hydroxylation is 1. The summed E-state index contributed by atoms with van der Waals surface area (Å²) in [4.78, 5) is 15.0. The van der Waals surface area contributed by atoms with Crippen molar-refractivity contribution in [1.29, 1.82) is 0 Å². The normalized spacial score (nSPS) is 16.1. The summed E-state index contributed by atoms with van der Waals surface area (Å²) in [6.07, 6.45) is 1.83. The molecule has 31 heavy (non-hydrogen) atoms. The molecule has 4 rings (SSSR count). The van der Waals surface area contributed by atoms with Crippen molar-refractivity contribution in [2.45, 2.75) is 26.3 Å². The molecule has 6 heteroatoms. The van der Waals surface area contributed by atoms with E-state index in [4.69, 9.17) is 4.74 Å². The van der Waals surface area contributed by atoms with Crippen LogP contribution in [0.3, 0.4) is 0 Å². The first kappa shape index (κ1) is 20.8. The number of hydrogen-bond donors (Lipinski definition) is 1. The third-order valence-electron chi connectivity index (χ3n) is 5.83. The van der Waals surface area contributed by atoms with E-state index < -0.39 is 0 Å². The van der Waals surface area contributed by atoms with Crippen molar-refractivity contribution in [2.75, 3.05) is 25.1 Å². The summed E-state index contributed by atoms with van der Waals surface area (Å²) in [5, 5.41) is 12.0. The average Bonchev–Trinajstić information content (AvgIpc) is 2.83. The quantitative estimate of drug-likeness (QED) is 0.658. The first-order valence-electron chi connectivity index (χ1n) is 10.7. The van der Waals surface area contributed by atoms with Crippen LogP contribution >= 0.6 is 0 Å². The van der Waals surface area contributed by atoms with E-state index in [1.165, 1.54) is 5.56 Å². The second-order valence-corrected chi connectivity index (χ2v) is 7.91. The Labute approximate surface area is 183 Å². The minimum atomic E-state index is -0.0682. The van der Waals surface area contributed by atoms with Crippen molar-refractivity contribution in [3.63, 3.8) is 0 Å². The fourth-order valence-electron chi connectivity index (χ4n) is 4.07. The number of carbonyl (C=O) groups excluding carboxylic acids is 1. The molecule has 1 unspecified atom stereocenters. The number of piperidine rings is 1. The fraction of sp³-hybridized carbons (Fsp3) is 0.320. The van der Waals surface area contributed by atoms with Gasteiger partial charge < -0.3 is 15.0 Å². The van der Waals surface area contributed by atoms with Crippen LogP contribution in [-0.2, 0) is 11.3 Å². The highest BCUT2D eigenvalue weighted by atomic mass is 16.5. The monoisotopic (exact) mass is 416 g/mol. The van der Waals surface area contributed by atoms with Crippen LogP contribution in [0.1, 0.15) is 24.0 Å². The third-order valence-corrected chi connectivity index (χ3v) is 5.83. The molecule has 0 radical (unpaired) electrons. The zero-order valence-electron chi connectivity index (χ0n) is 18.0. The molecule has 160 valence electrons. The smallest absolute Gasteiger partial charge is 0.225 e. The fourth-order valence-corrected chi connectivity index (χ4v) is 4.07. The van der Waals surface area contributed by atoms with Gasteiger partial charge in [-0.3, -0.25) is 4.79 Å². The number of hydrogen-bond acceptors (Lipinski definition) is 5. The number of anilines is 1. The van der Waals surface area contributed by atoms with Crippen LogP contribution in [0.15, 0.2) is 60.7 Å². The van der Waals surface area contributed by atoms with E-state index in [-0.39, 0.29) is 11.8 Å². The number of aromatic nitrogens is 2. The van der Waals surface area contributed by atoms with Crippen LogP contribution in [0.4, 0.5) is 5.82 Å². The SMILES string of the molecule is COc1ccccc1CNC(=O)C1CCCN(c2ccc(-c3ccccc3C)nn2)C1. The lowest BCUT2D eigenvalue weighted by molar-refractivity contribution is -0.125. The van der Waals surface area contributed by atoms with Crippen LogP contribution in [0, 0.1) is 12.8 Å². The topological polar surface area (TPSA) is 67.3 Å². The van der Waals surface area contributed by atoms with E-state index >= 15 is 0 Å². The van der Waals surface area contributed by atoms with Crippen LogP contribution in [0.5, 0.6) is 5.75 Å². The molecular weight excluding hydrogens is 388 g/mol. The molecular formula is C25H28N4O2. The average molecular weight is 417 g/mol. The molecule has 1 aromatic heterocycles. The summed E-state index contributed by atoms with van der Waals surface area (Å²) in [6.45, 7) is 4.07. The zero-order valence-corrected chi connectivity index (χ0v) is 18.0. The third kappa shape index (κ3) is 4.85. The highest BCUT2D eigenvalue weighted by Gasteiger charge is 2.26. The van der Waals surface area contributed by atoms with E-state index in [1.54, 1.807) is 7.11 Å². The molecule has 1 saturated heterocycles. The summed E-state index contributed by atoms with van der Waals surface area (Å²) < 4.78 is 5.37. The Morgan fingerprint density at radius 2 is 1.90 bits per heavy atom. The Hall–Kier alpha value is -3.41. The van der Waals surface area contributed by atoms with Gasteiger partial charge in [0.2, 0.25) is 5.91 Å². The first-order valence-corrected chi connectivity index (χ1v) is 10.7. The summed E-state index contributed by atoms with van der Waals surface area (Å²) in [7, 11) is 1.64. The van der Waals surface area contributed by atoms with Gasteiger partial charge in [0.25, 0.3) is 0 Å². The molecule has 3 aromatic rings. The Morgan fingerprint density at radius 3 is 2.68 bits per heavy atom. The molecule has 1 fully saturated rings. The standard InChI is InChI=1S/C25H28N4O2/c1-18-8-3-5-11-21(18)22-13-14-24(28-27-22)29-15-7-10-20(17-29)25(30)26-16-19-9-4-6-12-23(19)31-2/h3-6,8-9,11-14,20H,7,10,15-17H2,1-2H3,(H,26,30). The van der Waals surface area contributed by atoms with E-state index in [2.05, 4.69) is 39.5 Å². The lowest BCUT2D eigenvalue weighted by Crippen LogP contribution is -2.43. The van der Waals surface area contributed by atoms with Crippen molar-refractivity contribution in [1.82, 2.24) is 15.5 Å². The van der Waals surface area contributed by atoms with Gasteiger partial charge in [-0.05, 0) is 43.5 Å². The van der Waals surface area contributed by atoms with Crippen LogP contribution < -0.4 is 15.0 Å². The first-order chi connectivity index (χ1) is 15.2. The Morgan fingerprint density at radius 1 is 1.10 bits per heavy atom. The van der Waals surface area contributed by atoms with E-state index in [0.29, 0.717) is 13.1 Å². The Balaban J connectivity index is 1.39. The van der Waals surface area contributed by atoms with Crippen LogP contribution in [-0.4, -0.2) is 36.3 Å². The summed E-state index contributed by atoms with van der Waals surface area (Å²) in [5.41, 5.74) is 4.11. The lowest BCUT2D eigenvalue weighted by atomic mass is 9.97. The molecule has 1 amide bonds. The molecule has 1 aliphatic heterocycles. The van der Waals surface area contributed by atoms with Crippen molar-refractivity contribution in [3.8, 4) is 17.0 Å². The summed E-state index contributed by atoms with van der Waals surface area (Å²) in [5.74, 6) is 1.61. The number of amides is 1. The maximum atomic E-state index is 12.8. The Bertz CT molecular complexity index is 1040. The minimum absolute atomic E-state index is 0.0682. The second-order valence-electron chi connectivity index (χ2n) is 7.91. The lowest BCUT2D eigenvalue weighted by Gasteiger charge is -2.32. The molecule has 1 atom stereocenters. The van der Waals surface area contributed by atoms with Gasteiger partial charge in [0.05, 0.1) is 18.7 Å². The van der Waals surface area contributed by atoms with Crippen LogP contribution in [0.25, 0.3) is 11.3 Å². The number of nitrogens with one attached hydrogen (secondary N) is 1. The van der Waals surface area contributed by atoms with Gasteiger partial charge in [-0.2, -0.15) is 0 Å². The van der Waals surface area contributed by atoms with Gasteiger partial charge in [0.15, 0.2) is 5.82 Å². The molecule has 2 aromatic carbocycles. The highest BCUT2D eigenvalue weighted by molar-refractivity contribution is 5.79. The van der Waals surface area contributed by atoms with Crippen molar-refractivity contribution in [2.24, 2.45) is 5.92 Å². The van der Waals surface area contributed by atoms with Gasteiger partial charge in [0.1, 0.15) is 5.75 Å². The number of ether oxygens (including phenoxy) is 1. The zero-order chi connectivity index (χ0) is 21.6. The minimum Gasteiger partial charge on any atom is -0.496 e. The predicted octanol–water partition coefficient (Wildman–Crippen LogP) is 3.99.